The fourth-order valence-electron chi connectivity index (χ4n) is 2.79. The number of rotatable bonds is 3. The lowest BCUT2D eigenvalue weighted by molar-refractivity contribution is -0.123. The van der Waals surface area contributed by atoms with Crippen LogP contribution in [0, 0.1) is 17.2 Å². The van der Waals surface area contributed by atoms with Crippen molar-refractivity contribution >= 4 is 29.0 Å². The van der Waals surface area contributed by atoms with Crippen LogP contribution in [0.5, 0.6) is 0 Å². The van der Waals surface area contributed by atoms with Crippen LogP contribution in [-0.2, 0) is 4.79 Å². The van der Waals surface area contributed by atoms with Gasteiger partial charge in [-0.1, -0.05) is 55.0 Å². The molecule has 1 atom stereocenters. The summed E-state index contributed by atoms with van der Waals surface area (Å²) < 4.78 is 0. The lowest BCUT2D eigenvalue weighted by atomic mass is 9.84. The van der Waals surface area contributed by atoms with Crippen molar-refractivity contribution in [2.75, 3.05) is 0 Å². The lowest BCUT2D eigenvalue weighted by Crippen LogP contribution is -2.21. The van der Waals surface area contributed by atoms with Crippen molar-refractivity contribution in [1.29, 1.82) is 5.26 Å². The Bertz CT molecular complexity index is 528. The van der Waals surface area contributed by atoms with E-state index in [1.54, 1.807) is 18.2 Å². The number of halogens is 2. The second kappa shape index (κ2) is 7.11. The molecule has 0 aliphatic heterocycles. The van der Waals surface area contributed by atoms with Crippen molar-refractivity contribution in [3.05, 3.63) is 33.8 Å². The second-order valence-corrected chi connectivity index (χ2v) is 6.14. The molecule has 0 spiro atoms. The van der Waals surface area contributed by atoms with E-state index in [0.29, 0.717) is 15.6 Å². The predicted molar refractivity (Wildman–Crippen MR) is 81.0 cm³/mol. The molecule has 0 aromatic heterocycles. The first-order valence-corrected chi connectivity index (χ1v) is 7.77. The molecule has 0 N–H and O–H groups in total. The molecule has 1 aromatic rings. The van der Waals surface area contributed by atoms with E-state index in [1.165, 1.54) is 12.8 Å². The van der Waals surface area contributed by atoms with Gasteiger partial charge in [-0.3, -0.25) is 4.79 Å². The third kappa shape index (κ3) is 3.53. The third-order valence-electron chi connectivity index (χ3n) is 3.95. The Morgan fingerprint density at radius 1 is 1.15 bits per heavy atom. The summed E-state index contributed by atoms with van der Waals surface area (Å²) in [7, 11) is 0. The predicted octanol–water partition coefficient (Wildman–Crippen LogP) is 5.14. The molecule has 1 unspecified atom stereocenters. The summed E-state index contributed by atoms with van der Waals surface area (Å²) >= 11 is 11.9. The van der Waals surface area contributed by atoms with Gasteiger partial charge in [0, 0.05) is 5.92 Å². The van der Waals surface area contributed by atoms with Crippen LogP contribution in [0.1, 0.15) is 50.0 Å². The van der Waals surface area contributed by atoms with Crippen LogP contribution in [0.15, 0.2) is 18.2 Å². The van der Waals surface area contributed by atoms with Crippen LogP contribution in [0.3, 0.4) is 0 Å². The van der Waals surface area contributed by atoms with E-state index in [-0.39, 0.29) is 11.7 Å². The summed E-state index contributed by atoms with van der Waals surface area (Å²) in [5.74, 6) is -0.683. The molecule has 2 nitrogen and oxygen atoms in total. The average molecular weight is 310 g/mol. The fraction of sp³-hybridized carbons (Fsp3) is 0.500. The maximum atomic E-state index is 12.6. The second-order valence-electron chi connectivity index (χ2n) is 5.33. The highest BCUT2D eigenvalue weighted by Gasteiger charge is 2.28. The number of hydrogen-bond donors (Lipinski definition) is 0. The molecule has 4 heteroatoms. The van der Waals surface area contributed by atoms with E-state index in [9.17, 15) is 10.1 Å². The Morgan fingerprint density at radius 2 is 1.80 bits per heavy atom. The molecule has 20 heavy (non-hydrogen) atoms. The molecule has 2 rings (SSSR count). The number of nitrogens with zero attached hydrogens (tertiary/aromatic N) is 1. The zero-order valence-electron chi connectivity index (χ0n) is 11.2. The minimum absolute atomic E-state index is 0.0107. The van der Waals surface area contributed by atoms with Gasteiger partial charge in [0.05, 0.1) is 16.1 Å². The molecular formula is C16H17Cl2NO. The Kier molecular flexibility index (Phi) is 5.46. The quantitative estimate of drug-likeness (QED) is 0.725. The third-order valence-corrected chi connectivity index (χ3v) is 4.69. The van der Waals surface area contributed by atoms with Crippen LogP contribution in [0.4, 0.5) is 0 Å². The van der Waals surface area contributed by atoms with Crippen LogP contribution in [0.2, 0.25) is 10.0 Å². The molecule has 0 radical (unpaired) electrons. The number of nitriles is 1. The number of carbonyl (C=O) groups excluding carboxylic acids is 1. The van der Waals surface area contributed by atoms with Gasteiger partial charge in [-0.05, 0) is 30.5 Å². The normalized spacial score (nSPS) is 18.1. The minimum atomic E-state index is -0.729. The monoisotopic (exact) mass is 309 g/mol. The van der Waals surface area contributed by atoms with E-state index in [2.05, 4.69) is 6.07 Å². The largest absolute Gasteiger partial charge is 0.298 e. The summed E-state index contributed by atoms with van der Waals surface area (Å²) in [5, 5.41) is 10.2. The molecule has 1 aliphatic rings. The number of carbonyl (C=O) groups is 1. The molecule has 1 aliphatic carbocycles. The molecular weight excluding hydrogens is 293 g/mol. The van der Waals surface area contributed by atoms with Gasteiger partial charge in [0.2, 0.25) is 0 Å². The highest BCUT2D eigenvalue weighted by atomic mass is 35.5. The van der Waals surface area contributed by atoms with Gasteiger partial charge >= 0.3 is 0 Å². The molecule has 1 aromatic carbocycles. The summed E-state index contributed by atoms with van der Waals surface area (Å²) in [6, 6.07) is 7.12. The molecule has 106 valence electrons. The number of benzene rings is 1. The van der Waals surface area contributed by atoms with Crippen LogP contribution in [0.25, 0.3) is 0 Å². The number of ketones is 1. The van der Waals surface area contributed by atoms with Gasteiger partial charge in [-0.15, -0.1) is 0 Å². The fourth-order valence-corrected chi connectivity index (χ4v) is 3.10. The Balaban J connectivity index is 2.20. The van der Waals surface area contributed by atoms with Crippen molar-refractivity contribution in [3.63, 3.8) is 0 Å². The molecule has 1 saturated carbocycles. The topological polar surface area (TPSA) is 40.9 Å². The van der Waals surface area contributed by atoms with Gasteiger partial charge in [-0.25, -0.2) is 0 Å². The van der Waals surface area contributed by atoms with E-state index in [0.717, 1.165) is 25.7 Å². The van der Waals surface area contributed by atoms with Crippen LogP contribution < -0.4 is 0 Å². The molecule has 0 heterocycles. The first-order valence-electron chi connectivity index (χ1n) is 7.01. The zero-order chi connectivity index (χ0) is 14.5. The Morgan fingerprint density at radius 3 is 2.35 bits per heavy atom. The molecule has 0 bridgehead atoms. The van der Waals surface area contributed by atoms with Gasteiger partial charge in [0.1, 0.15) is 5.92 Å². The van der Waals surface area contributed by atoms with Crippen molar-refractivity contribution in [2.45, 2.75) is 44.4 Å². The van der Waals surface area contributed by atoms with E-state index < -0.39 is 5.92 Å². The summed E-state index contributed by atoms with van der Waals surface area (Å²) in [4.78, 5) is 12.6. The summed E-state index contributed by atoms with van der Waals surface area (Å²) in [5.41, 5.74) is 0.649. The average Bonchev–Trinajstić information content (AvgIpc) is 2.72. The summed E-state index contributed by atoms with van der Waals surface area (Å²) in [6.45, 7) is 0. The Hall–Kier alpha value is -1.04. The standard InChI is InChI=1S/C16H17Cl2NO/c17-14-8-7-12(9-15(14)18)13(10-19)16(20)11-5-3-1-2-4-6-11/h7-9,11,13H,1-6H2. The van der Waals surface area contributed by atoms with E-state index >= 15 is 0 Å². The first-order chi connectivity index (χ1) is 9.63. The smallest absolute Gasteiger partial charge is 0.157 e. The van der Waals surface area contributed by atoms with Crippen LogP contribution >= 0.6 is 23.2 Å². The lowest BCUT2D eigenvalue weighted by Gasteiger charge is -2.17. The van der Waals surface area contributed by atoms with E-state index in [1.807, 2.05) is 0 Å². The van der Waals surface area contributed by atoms with Crippen molar-refractivity contribution in [2.24, 2.45) is 5.92 Å². The number of hydrogen-bond acceptors (Lipinski definition) is 2. The van der Waals surface area contributed by atoms with Gasteiger partial charge in [0.25, 0.3) is 0 Å². The Labute approximate surface area is 129 Å². The summed E-state index contributed by atoms with van der Waals surface area (Å²) in [6.07, 6.45) is 6.34. The van der Waals surface area contributed by atoms with Gasteiger partial charge in [-0.2, -0.15) is 5.26 Å². The molecule has 1 fully saturated rings. The molecule has 0 amide bonds. The van der Waals surface area contributed by atoms with Crippen molar-refractivity contribution < 1.29 is 4.79 Å². The van der Waals surface area contributed by atoms with Gasteiger partial charge in [0.15, 0.2) is 5.78 Å². The SMILES string of the molecule is N#CC(C(=O)C1CCCCCC1)c1ccc(Cl)c(Cl)c1. The minimum Gasteiger partial charge on any atom is -0.298 e. The maximum absolute atomic E-state index is 12.6. The zero-order valence-corrected chi connectivity index (χ0v) is 12.8. The van der Waals surface area contributed by atoms with Crippen LogP contribution in [-0.4, -0.2) is 5.78 Å². The van der Waals surface area contributed by atoms with Gasteiger partial charge < -0.3 is 0 Å². The maximum Gasteiger partial charge on any atom is 0.157 e. The highest BCUT2D eigenvalue weighted by Crippen LogP contribution is 2.32. The molecule has 0 saturated heterocycles. The van der Waals surface area contributed by atoms with Crippen molar-refractivity contribution in [1.82, 2.24) is 0 Å². The van der Waals surface area contributed by atoms with E-state index in [4.69, 9.17) is 23.2 Å². The first kappa shape index (κ1) is 15.4. The number of Topliss-reactive ketones (excluding diaryl/α,β-unsaturated/α-hetero) is 1. The highest BCUT2D eigenvalue weighted by molar-refractivity contribution is 6.42. The van der Waals surface area contributed by atoms with Crippen molar-refractivity contribution in [3.8, 4) is 6.07 Å².